The first-order valence-electron chi connectivity index (χ1n) is 10.3. The molecule has 0 unspecified atom stereocenters. The van der Waals surface area contributed by atoms with Crippen LogP contribution in [0.5, 0.6) is 0 Å². The standard InChI is InChI=1S/C25H24N2O2/c1-18(19-7-3-2-4-8-19)22-17-23(29-26-22)24(28)27-15-13-25(14-16-27)12-11-20-9-5-6-10-21(20)25/h2-12,17-18H,13-16H2,1H3/t18-/m0/s1. The van der Waals surface area contributed by atoms with Gasteiger partial charge in [0.05, 0.1) is 5.69 Å². The number of hydrogen-bond acceptors (Lipinski definition) is 3. The van der Waals surface area contributed by atoms with Crippen molar-refractivity contribution in [1.82, 2.24) is 10.1 Å². The fraction of sp³-hybridized carbons (Fsp3) is 0.280. The Morgan fingerprint density at radius 3 is 2.59 bits per heavy atom. The predicted molar refractivity (Wildman–Crippen MR) is 113 cm³/mol. The average Bonchev–Trinajstić information content (AvgIpc) is 3.41. The van der Waals surface area contributed by atoms with Crippen molar-refractivity contribution in [2.45, 2.75) is 31.1 Å². The summed E-state index contributed by atoms with van der Waals surface area (Å²) in [5, 5.41) is 4.18. The van der Waals surface area contributed by atoms with Crippen LogP contribution >= 0.6 is 0 Å². The Hall–Kier alpha value is -3.14. The lowest BCUT2D eigenvalue weighted by molar-refractivity contribution is 0.0648. The van der Waals surface area contributed by atoms with Crippen molar-refractivity contribution >= 4 is 12.0 Å². The molecule has 1 atom stereocenters. The van der Waals surface area contributed by atoms with Gasteiger partial charge < -0.3 is 9.42 Å². The molecule has 0 N–H and O–H groups in total. The van der Waals surface area contributed by atoms with Crippen molar-refractivity contribution < 1.29 is 9.32 Å². The minimum Gasteiger partial charge on any atom is -0.351 e. The third kappa shape index (κ3) is 3.09. The second-order valence-electron chi connectivity index (χ2n) is 8.12. The number of fused-ring (bicyclic) bond motifs is 2. The minimum absolute atomic E-state index is 0.0610. The lowest BCUT2D eigenvalue weighted by Crippen LogP contribution is -2.43. The van der Waals surface area contributed by atoms with Crippen LogP contribution in [-0.2, 0) is 5.41 Å². The number of carbonyl (C=O) groups excluding carboxylic acids is 1. The second-order valence-corrected chi connectivity index (χ2v) is 8.12. The largest absolute Gasteiger partial charge is 0.351 e. The van der Waals surface area contributed by atoms with Crippen LogP contribution in [0.1, 0.15) is 58.6 Å². The van der Waals surface area contributed by atoms with Crippen molar-refractivity contribution in [3.05, 3.63) is 94.9 Å². The normalized spacial score (nSPS) is 18.0. The number of allylic oxidation sites excluding steroid dienone is 1. The number of amides is 1. The number of hydrogen-bond donors (Lipinski definition) is 0. The van der Waals surface area contributed by atoms with Gasteiger partial charge in [0.1, 0.15) is 0 Å². The molecule has 0 saturated carbocycles. The SMILES string of the molecule is C[C@@H](c1ccccc1)c1cc(C(=O)N2CCC3(C=Cc4ccccc43)CC2)on1. The molecule has 2 heterocycles. The molecule has 0 bridgehead atoms. The van der Waals surface area contributed by atoms with E-state index in [2.05, 4.69) is 60.6 Å². The highest BCUT2D eigenvalue weighted by Crippen LogP contribution is 2.43. The molecule has 5 rings (SSSR count). The Balaban J connectivity index is 1.29. The van der Waals surface area contributed by atoms with Gasteiger partial charge in [-0.15, -0.1) is 0 Å². The van der Waals surface area contributed by atoms with E-state index >= 15 is 0 Å². The summed E-state index contributed by atoms with van der Waals surface area (Å²) in [6, 6.07) is 20.5. The molecule has 146 valence electrons. The molecular formula is C25H24N2O2. The van der Waals surface area contributed by atoms with Gasteiger partial charge in [0.15, 0.2) is 0 Å². The number of nitrogens with zero attached hydrogens (tertiary/aromatic N) is 2. The zero-order valence-electron chi connectivity index (χ0n) is 16.5. The maximum absolute atomic E-state index is 13.0. The summed E-state index contributed by atoms with van der Waals surface area (Å²) in [5.41, 5.74) is 4.72. The topological polar surface area (TPSA) is 46.3 Å². The summed E-state index contributed by atoms with van der Waals surface area (Å²) in [5.74, 6) is 0.362. The Bertz CT molecular complexity index is 1060. The molecule has 1 amide bonds. The third-order valence-corrected chi connectivity index (χ3v) is 6.50. The van der Waals surface area contributed by atoms with Crippen LogP contribution in [0.4, 0.5) is 0 Å². The summed E-state index contributed by atoms with van der Waals surface area (Å²) in [4.78, 5) is 14.9. The van der Waals surface area contributed by atoms with Gasteiger partial charge in [-0.2, -0.15) is 0 Å². The van der Waals surface area contributed by atoms with Gasteiger partial charge in [0, 0.05) is 30.5 Å². The Kier molecular flexibility index (Phi) is 4.35. The number of piperidine rings is 1. The van der Waals surface area contributed by atoms with E-state index in [1.807, 2.05) is 23.1 Å². The molecular weight excluding hydrogens is 360 g/mol. The van der Waals surface area contributed by atoms with Gasteiger partial charge in [0.2, 0.25) is 5.76 Å². The molecule has 1 aliphatic heterocycles. The van der Waals surface area contributed by atoms with E-state index in [1.54, 1.807) is 6.07 Å². The van der Waals surface area contributed by atoms with E-state index in [9.17, 15) is 4.79 Å². The van der Waals surface area contributed by atoms with E-state index in [1.165, 1.54) is 11.1 Å². The lowest BCUT2D eigenvalue weighted by atomic mass is 9.74. The summed E-state index contributed by atoms with van der Waals surface area (Å²) < 4.78 is 5.44. The first kappa shape index (κ1) is 17.9. The molecule has 2 aliphatic rings. The number of rotatable bonds is 3. The van der Waals surface area contributed by atoms with Gasteiger partial charge in [0.25, 0.3) is 5.91 Å². The first-order valence-corrected chi connectivity index (χ1v) is 10.3. The first-order chi connectivity index (χ1) is 14.2. The zero-order valence-corrected chi connectivity index (χ0v) is 16.5. The fourth-order valence-electron chi connectivity index (χ4n) is 4.64. The summed E-state index contributed by atoms with van der Waals surface area (Å²) >= 11 is 0. The van der Waals surface area contributed by atoms with E-state index in [0.29, 0.717) is 5.76 Å². The quantitative estimate of drug-likeness (QED) is 0.636. The molecule has 1 spiro atoms. The fourth-order valence-corrected chi connectivity index (χ4v) is 4.64. The highest BCUT2D eigenvalue weighted by atomic mass is 16.5. The molecule has 1 aromatic heterocycles. The maximum Gasteiger partial charge on any atom is 0.292 e. The second kappa shape index (κ2) is 7.03. The summed E-state index contributed by atoms with van der Waals surface area (Å²) in [6.45, 7) is 3.53. The Morgan fingerprint density at radius 2 is 1.79 bits per heavy atom. The molecule has 1 aliphatic carbocycles. The van der Waals surface area contributed by atoms with Crippen molar-refractivity contribution in [2.75, 3.05) is 13.1 Å². The number of aromatic nitrogens is 1. The van der Waals surface area contributed by atoms with Crippen molar-refractivity contribution in [1.29, 1.82) is 0 Å². The van der Waals surface area contributed by atoms with Crippen molar-refractivity contribution in [3.8, 4) is 0 Å². The summed E-state index contributed by atoms with van der Waals surface area (Å²) in [6.07, 6.45) is 6.43. The molecule has 29 heavy (non-hydrogen) atoms. The number of carbonyl (C=O) groups is 1. The lowest BCUT2D eigenvalue weighted by Gasteiger charge is -2.38. The van der Waals surface area contributed by atoms with Crippen LogP contribution in [0.2, 0.25) is 0 Å². The minimum atomic E-state index is -0.0610. The predicted octanol–water partition coefficient (Wildman–Crippen LogP) is 5.03. The summed E-state index contributed by atoms with van der Waals surface area (Å²) in [7, 11) is 0. The van der Waals surface area contributed by atoms with E-state index in [0.717, 1.165) is 37.2 Å². The van der Waals surface area contributed by atoms with E-state index < -0.39 is 0 Å². The van der Waals surface area contributed by atoms with Gasteiger partial charge in [-0.25, -0.2) is 0 Å². The smallest absolute Gasteiger partial charge is 0.292 e. The van der Waals surface area contributed by atoms with Gasteiger partial charge in [-0.05, 0) is 29.5 Å². The third-order valence-electron chi connectivity index (χ3n) is 6.50. The molecule has 4 nitrogen and oxygen atoms in total. The van der Waals surface area contributed by atoms with Crippen LogP contribution in [0, 0.1) is 0 Å². The highest BCUT2D eigenvalue weighted by Gasteiger charge is 2.39. The Morgan fingerprint density at radius 1 is 1.07 bits per heavy atom. The van der Waals surface area contributed by atoms with Crippen molar-refractivity contribution in [3.63, 3.8) is 0 Å². The highest BCUT2D eigenvalue weighted by molar-refractivity contribution is 5.91. The van der Waals surface area contributed by atoms with Gasteiger partial charge in [-0.3, -0.25) is 4.79 Å². The van der Waals surface area contributed by atoms with Crippen LogP contribution in [0.3, 0.4) is 0 Å². The number of likely N-dealkylation sites (tertiary alicyclic amines) is 1. The molecule has 1 fully saturated rings. The van der Waals surface area contributed by atoms with Crippen LogP contribution in [0.15, 0.2) is 71.3 Å². The van der Waals surface area contributed by atoms with Crippen molar-refractivity contribution in [2.24, 2.45) is 0 Å². The number of benzene rings is 2. The van der Waals surface area contributed by atoms with E-state index in [4.69, 9.17) is 4.52 Å². The molecule has 3 aromatic rings. The molecule has 2 aromatic carbocycles. The van der Waals surface area contributed by atoms with Crippen LogP contribution in [0.25, 0.3) is 6.08 Å². The van der Waals surface area contributed by atoms with Crippen LogP contribution in [-0.4, -0.2) is 29.1 Å². The maximum atomic E-state index is 13.0. The molecule has 0 radical (unpaired) electrons. The molecule has 4 heteroatoms. The molecule has 1 saturated heterocycles. The van der Waals surface area contributed by atoms with E-state index in [-0.39, 0.29) is 17.2 Å². The van der Waals surface area contributed by atoms with Crippen LogP contribution < -0.4 is 0 Å². The monoisotopic (exact) mass is 384 g/mol. The van der Waals surface area contributed by atoms with Gasteiger partial charge in [-0.1, -0.05) is 78.8 Å². The Labute approximate surface area is 170 Å². The average molecular weight is 384 g/mol. The van der Waals surface area contributed by atoms with Gasteiger partial charge >= 0.3 is 0 Å². The zero-order chi connectivity index (χ0) is 19.8.